The Kier molecular flexibility index (Phi) is 4.80. The molecule has 1 fully saturated rings. The van der Waals surface area contributed by atoms with E-state index in [-0.39, 0.29) is 4.90 Å². The lowest BCUT2D eigenvalue weighted by atomic mass is 10.1. The van der Waals surface area contributed by atoms with Crippen LogP contribution in [0.1, 0.15) is 25.0 Å². The van der Waals surface area contributed by atoms with E-state index >= 15 is 0 Å². The molecule has 0 spiro atoms. The third kappa shape index (κ3) is 3.79. The van der Waals surface area contributed by atoms with Gasteiger partial charge in [0.2, 0.25) is 10.0 Å². The van der Waals surface area contributed by atoms with Gasteiger partial charge < -0.3 is 10.0 Å². The molecule has 2 rings (SSSR count). The highest BCUT2D eigenvalue weighted by Crippen LogP contribution is 2.18. The summed E-state index contributed by atoms with van der Waals surface area (Å²) in [5.74, 6) is 0.370. The van der Waals surface area contributed by atoms with Crippen LogP contribution in [0.15, 0.2) is 29.2 Å². The monoisotopic (exact) mass is 298 g/mol. The number of rotatable bonds is 5. The van der Waals surface area contributed by atoms with E-state index in [1.807, 2.05) is 7.05 Å². The predicted octanol–water partition coefficient (Wildman–Crippen LogP) is 0.970. The number of benzene rings is 1. The summed E-state index contributed by atoms with van der Waals surface area (Å²) in [5, 5.41) is 9.52. The van der Waals surface area contributed by atoms with Crippen molar-refractivity contribution in [2.75, 3.05) is 26.7 Å². The Labute approximate surface area is 120 Å². The summed E-state index contributed by atoms with van der Waals surface area (Å²) in [4.78, 5) is 2.41. The molecule has 1 aliphatic heterocycles. The molecule has 1 saturated heterocycles. The van der Waals surface area contributed by atoms with Gasteiger partial charge in [-0.2, -0.15) is 0 Å². The molecule has 0 aliphatic carbocycles. The number of sulfonamides is 1. The topological polar surface area (TPSA) is 69.6 Å². The smallest absolute Gasteiger partial charge is 0.240 e. The van der Waals surface area contributed by atoms with Gasteiger partial charge in [-0.15, -0.1) is 0 Å². The van der Waals surface area contributed by atoms with Gasteiger partial charge in [0, 0.05) is 13.1 Å². The molecule has 0 saturated carbocycles. The number of nitrogens with zero attached hydrogens (tertiary/aromatic N) is 1. The number of hydrogen-bond acceptors (Lipinski definition) is 4. The Morgan fingerprint density at radius 1 is 1.50 bits per heavy atom. The second-order valence-corrected chi connectivity index (χ2v) is 7.28. The van der Waals surface area contributed by atoms with Gasteiger partial charge in [-0.25, -0.2) is 13.1 Å². The quantitative estimate of drug-likeness (QED) is 0.850. The Balaban J connectivity index is 2.04. The molecule has 2 N–H and O–H groups in total. The van der Waals surface area contributed by atoms with Crippen LogP contribution in [0.4, 0.5) is 0 Å². The zero-order valence-electron chi connectivity index (χ0n) is 11.9. The number of aliphatic hydroxyl groups is 1. The van der Waals surface area contributed by atoms with Gasteiger partial charge in [-0.1, -0.05) is 12.1 Å². The molecule has 20 heavy (non-hydrogen) atoms. The van der Waals surface area contributed by atoms with Crippen LogP contribution in [-0.4, -0.2) is 45.1 Å². The fourth-order valence-corrected chi connectivity index (χ4v) is 3.62. The van der Waals surface area contributed by atoms with Gasteiger partial charge in [-0.3, -0.25) is 0 Å². The van der Waals surface area contributed by atoms with E-state index in [0.717, 1.165) is 19.5 Å². The van der Waals surface area contributed by atoms with Crippen molar-refractivity contribution in [1.29, 1.82) is 0 Å². The molecule has 1 aliphatic rings. The molecule has 5 nitrogen and oxygen atoms in total. The molecule has 1 aromatic rings. The molecular weight excluding hydrogens is 276 g/mol. The average Bonchev–Trinajstić information content (AvgIpc) is 2.82. The van der Waals surface area contributed by atoms with Crippen molar-refractivity contribution in [3.8, 4) is 0 Å². The highest BCUT2D eigenvalue weighted by molar-refractivity contribution is 7.89. The zero-order valence-corrected chi connectivity index (χ0v) is 12.7. The standard InChI is InChI=1S/C14H22N2O3S/c1-11(17)13-4-3-5-14(8-13)20(18,19)15-9-12-6-7-16(2)10-12/h3-5,8,11-12,15,17H,6-7,9-10H2,1-2H3. The maximum Gasteiger partial charge on any atom is 0.240 e. The normalized spacial score (nSPS) is 22.1. The van der Waals surface area contributed by atoms with Crippen LogP contribution >= 0.6 is 0 Å². The van der Waals surface area contributed by atoms with Crippen molar-refractivity contribution in [1.82, 2.24) is 9.62 Å². The largest absolute Gasteiger partial charge is 0.389 e. The van der Waals surface area contributed by atoms with Crippen molar-refractivity contribution in [3.05, 3.63) is 29.8 Å². The first-order valence-electron chi connectivity index (χ1n) is 6.85. The first kappa shape index (κ1) is 15.4. The Bertz CT molecular complexity index is 557. The number of hydrogen-bond donors (Lipinski definition) is 2. The van der Waals surface area contributed by atoms with Crippen LogP contribution in [0.5, 0.6) is 0 Å². The van der Waals surface area contributed by atoms with Crippen LogP contribution < -0.4 is 4.72 Å². The van der Waals surface area contributed by atoms with Crippen LogP contribution in [0, 0.1) is 5.92 Å². The maximum atomic E-state index is 12.2. The van der Waals surface area contributed by atoms with E-state index in [4.69, 9.17) is 0 Å². The minimum atomic E-state index is -3.50. The molecule has 0 aromatic heterocycles. The average molecular weight is 298 g/mol. The molecule has 2 atom stereocenters. The highest BCUT2D eigenvalue weighted by atomic mass is 32.2. The molecule has 0 amide bonds. The Hall–Kier alpha value is -0.950. The van der Waals surface area contributed by atoms with Crippen molar-refractivity contribution in [2.45, 2.75) is 24.3 Å². The summed E-state index contributed by atoms with van der Waals surface area (Å²) in [7, 11) is -1.46. The fourth-order valence-electron chi connectivity index (χ4n) is 2.45. The summed E-state index contributed by atoms with van der Waals surface area (Å²) >= 11 is 0. The molecule has 1 heterocycles. The second kappa shape index (κ2) is 6.22. The first-order valence-corrected chi connectivity index (χ1v) is 8.33. The second-order valence-electron chi connectivity index (χ2n) is 5.52. The van der Waals surface area contributed by atoms with Gasteiger partial charge >= 0.3 is 0 Å². The van der Waals surface area contributed by atoms with E-state index in [2.05, 4.69) is 9.62 Å². The molecule has 0 bridgehead atoms. The lowest BCUT2D eigenvalue weighted by molar-refractivity contribution is 0.199. The SMILES string of the molecule is CC(O)c1cccc(S(=O)(=O)NCC2CCN(C)C2)c1. The Morgan fingerprint density at radius 3 is 2.85 bits per heavy atom. The van der Waals surface area contributed by atoms with Crippen LogP contribution in [0.3, 0.4) is 0 Å². The van der Waals surface area contributed by atoms with Crippen LogP contribution in [-0.2, 0) is 10.0 Å². The lowest BCUT2D eigenvalue weighted by Crippen LogP contribution is -2.30. The van der Waals surface area contributed by atoms with Crippen molar-refractivity contribution in [3.63, 3.8) is 0 Å². The van der Waals surface area contributed by atoms with E-state index in [1.165, 1.54) is 6.07 Å². The van der Waals surface area contributed by atoms with Gasteiger partial charge in [0.15, 0.2) is 0 Å². The summed E-state index contributed by atoms with van der Waals surface area (Å²) < 4.78 is 27.1. The number of aliphatic hydroxyl groups excluding tert-OH is 1. The molecule has 0 radical (unpaired) electrons. The van der Waals surface area contributed by atoms with Gasteiger partial charge in [0.1, 0.15) is 0 Å². The molecule has 1 aromatic carbocycles. The van der Waals surface area contributed by atoms with Crippen molar-refractivity contribution >= 4 is 10.0 Å². The predicted molar refractivity (Wildman–Crippen MR) is 77.9 cm³/mol. The molecule has 6 heteroatoms. The molecular formula is C14H22N2O3S. The zero-order chi connectivity index (χ0) is 14.8. The summed E-state index contributed by atoms with van der Waals surface area (Å²) in [6, 6.07) is 6.44. The minimum absolute atomic E-state index is 0.210. The summed E-state index contributed by atoms with van der Waals surface area (Å²) in [6.07, 6.45) is 0.348. The summed E-state index contributed by atoms with van der Waals surface area (Å²) in [6.45, 7) is 4.03. The fraction of sp³-hybridized carbons (Fsp3) is 0.571. The van der Waals surface area contributed by atoms with Crippen molar-refractivity contribution < 1.29 is 13.5 Å². The highest BCUT2D eigenvalue weighted by Gasteiger charge is 2.22. The Morgan fingerprint density at radius 2 is 2.25 bits per heavy atom. The third-order valence-electron chi connectivity index (χ3n) is 3.70. The van der Waals surface area contributed by atoms with E-state index in [0.29, 0.717) is 18.0 Å². The van der Waals surface area contributed by atoms with Gasteiger partial charge in [0.25, 0.3) is 0 Å². The van der Waals surface area contributed by atoms with E-state index < -0.39 is 16.1 Å². The minimum Gasteiger partial charge on any atom is -0.389 e. The van der Waals surface area contributed by atoms with Crippen LogP contribution in [0.2, 0.25) is 0 Å². The number of likely N-dealkylation sites (tertiary alicyclic amines) is 1. The maximum absolute atomic E-state index is 12.2. The third-order valence-corrected chi connectivity index (χ3v) is 5.12. The van der Waals surface area contributed by atoms with Crippen molar-refractivity contribution in [2.24, 2.45) is 5.92 Å². The summed E-state index contributed by atoms with van der Waals surface area (Å²) in [5.41, 5.74) is 0.605. The van der Waals surface area contributed by atoms with Gasteiger partial charge in [0.05, 0.1) is 11.0 Å². The number of nitrogens with one attached hydrogen (secondary N) is 1. The lowest BCUT2D eigenvalue weighted by Gasteiger charge is -2.13. The van der Waals surface area contributed by atoms with E-state index in [9.17, 15) is 13.5 Å². The molecule has 112 valence electrons. The van der Waals surface area contributed by atoms with E-state index in [1.54, 1.807) is 25.1 Å². The van der Waals surface area contributed by atoms with Gasteiger partial charge in [-0.05, 0) is 50.6 Å². The molecule has 2 unspecified atom stereocenters. The van der Waals surface area contributed by atoms with Crippen LogP contribution in [0.25, 0.3) is 0 Å². The first-order chi connectivity index (χ1) is 9.38.